The molecule has 0 N–H and O–H groups in total. The Morgan fingerprint density at radius 1 is 0.767 bits per heavy atom. The van der Waals surface area contributed by atoms with Gasteiger partial charge in [-0.15, -0.1) is 40.6 Å². The maximum Gasteiger partial charge on any atom is 0.182 e. The summed E-state index contributed by atoms with van der Waals surface area (Å²) in [5.74, 6) is 0.800. The molecule has 1 rings (SSSR count). The second-order valence-electron chi connectivity index (χ2n) is 6.24. The van der Waals surface area contributed by atoms with E-state index >= 15 is 0 Å². The van der Waals surface area contributed by atoms with Gasteiger partial charge in [0.25, 0.3) is 0 Å². The van der Waals surface area contributed by atoms with Crippen molar-refractivity contribution in [3.05, 3.63) is 29.8 Å². The quantitative estimate of drug-likeness (QED) is 0.240. The first-order valence-corrected chi connectivity index (χ1v) is 11.2. The molecule has 0 aromatic heterocycles. The van der Waals surface area contributed by atoms with Crippen molar-refractivity contribution < 1.29 is 4.74 Å². The molecule has 1 aromatic carbocycles. The van der Waals surface area contributed by atoms with Gasteiger partial charge in [0.2, 0.25) is 0 Å². The van der Waals surface area contributed by atoms with Crippen molar-refractivity contribution in [1.29, 1.82) is 0 Å². The monoisotopic (exact) mass is 450 g/mol. The van der Waals surface area contributed by atoms with Crippen LogP contribution in [0.4, 0.5) is 0 Å². The van der Waals surface area contributed by atoms with Gasteiger partial charge < -0.3 is 14.5 Å². The highest BCUT2D eigenvalue weighted by Crippen LogP contribution is 2.14. The van der Waals surface area contributed by atoms with Crippen LogP contribution in [0.25, 0.3) is 0 Å². The summed E-state index contributed by atoms with van der Waals surface area (Å²) in [6, 6.07) is 7.68. The second-order valence-corrected chi connectivity index (χ2v) is 7.04. The SMILES string of the molecule is CCOc1ccc(C(=N\N=C(/S)N(CC)CC)/C(C)=N/N=C(\S)N(CC)CC)cc1. The third-order valence-corrected chi connectivity index (χ3v) is 5.15. The molecule has 7 nitrogen and oxygen atoms in total. The van der Waals surface area contributed by atoms with Gasteiger partial charge >= 0.3 is 0 Å². The van der Waals surface area contributed by atoms with Crippen LogP contribution in [-0.2, 0) is 0 Å². The van der Waals surface area contributed by atoms with Crippen LogP contribution >= 0.6 is 25.3 Å². The van der Waals surface area contributed by atoms with Crippen molar-refractivity contribution in [3.63, 3.8) is 0 Å². The molecule has 0 fully saturated rings. The Kier molecular flexibility index (Phi) is 12.2. The van der Waals surface area contributed by atoms with Crippen LogP contribution in [0.15, 0.2) is 44.7 Å². The summed E-state index contributed by atoms with van der Waals surface area (Å²) in [7, 11) is 0. The summed E-state index contributed by atoms with van der Waals surface area (Å²) in [6.45, 7) is 15.9. The van der Waals surface area contributed by atoms with Gasteiger partial charge in [-0.3, -0.25) is 0 Å². The Morgan fingerprint density at radius 3 is 1.67 bits per heavy atom. The van der Waals surface area contributed by atoms with Crippen LogP contribution in [0, 0.1) is 0 Å². The summed E-state index contributed by atoms with van der Waals surface area (Å²) in [4.78, 5) is 4.02. The molecule has 0 atom stereocenters. The largest absolute Gasteiger partial charge is 0.494 e. The van der Waals surface area contributed by atoms with E-state index in [0.29, 0.717) is 28.4 Å². The Balaban J connectivity index is 3.35. The smallest absolute Gasteiger partial charge is 0.182 e. The summed E-state index contributed by atoms with van der Waals surface area (Å²) >= 11 is 8.94. The summed E-state index contributed by atoms with van der Waals surface area (Å²) < 4.78 is 5.54. The molecule has 0 radical (unpaired) electrons. The molecule has 0 saturated heterocycles. The molecular formula is C21H34N6OS2. The number of hydrogen-bond donors (Lipinski definition) is 2. The van der Waals surface area contributed by atoms with Crippen LogP contribution < -0.4 is 4.74 Å². The molecule has 0 aliphatic heterocycles. The maximum atomic E-state index is 5.54. The third-order valence-electron chi connectivity index (χ3n) is 4.40. The molecule has 0 aliphatic rings. The minimum Gasteiger partial charge on any atom is -0.494 e. The van der Waals surface area contributed by atoms with E-state index in [2.05, 4.69) is 73.4 Å². The van der Waals surface area contributed by atoms with Crippen LogP contribution in [-0.4, -0.2) is 64.3 Å². The van der Waals surface area contributed by atoms with Crippen LogP contribution in [0.3, 0.4) is 0 Å². The number of amidine groups is 2. The van der Waals surface area contributed by atoms with E-state index in [9.17, 15) is 0 Å². The lowest BCUT2D eigenvalue weighted by Crippen LogP contribution is -2.27. The van der Waals surface area contributed by atoms with Crippen molar-refractivity contribution in [2.75, 3.05) is 32.8 Å². The Labute approximate surface area is 191 Å². The van der Waals surface area contributed by atoms with Gasteiger partial charge in [-0.25, -0.2) is 0 Å². The first-order valence-electron chi connectivity index (χ1n) is 10.3. The molecule has 0 bridgehead atoms. The average molecular weight is 451 g/mol. The minimum atomic E-state index is 0.553. The zero-order valence-corrected chi connectivity index (χ0v) is 20.6. The molecule has 0 amide bonds. The normalized spacial score (nSPS) is 13.5. The van der Waals surface area contributed by atoms with E-state index in [1.165, 1.54) is 0 Å². The van der Waals surface area contributed by atoms with Crippen molar-refractivity contribution in [3.8, 4) is 5.75 Å². The van der Waals surface area contributed by atoms with E-state index in [1.54, 1.807) is 0 Å². The molecule has 9 heteroatoms. The van der Waals surface area contributed by atoms with Crippen LogP contribution in [0.5, 0.6) is 5.75 Å². The summed E-state index contributed by atoms with van der Waals surface area (Å²) in [6.07, 6.45) is 0. The zero-order valence-electron chi connectivity index (χ0n) is 18.8. The fourth-order valence-corrected chi connectivity index (χ4v) is 3.27. The molecule has 1 aromatic rings. The highest BCUT2D eigenvalue weighted by Gasteiger charge is 2.11. The average Bonchev–Trinajstić information content (AvgIpc) is 2.75. The van der Waals surface area contributed by atoms with Gasteiger partial charge in [0, 0.05) is 31.7 Å². The van der Waals surface area contributed by atoms with E-state index < -0.39 is 0 Å². The number of nitrogens with zero attached hydrogens (tertiary/aromatic N) is 6. The maximum absolute atomic E-state index is 5.54. The molecule has 0 unspecified atom stereocenters. The van der Waals surface area contributed by atoms with E-state index in [1.807, 2.05) is 47.9 Å². The van der Waals surface area contributed by atoms with Crippen LogP contribution in [0.1, 0.15) is 47.1 Å². The number of rotatable bonds is 10. The van der Waals surface area contributed by atoms with Gasteiger partial charge in [0.15, 0.2) is 10.3 Å². The number of ether oxygens (including phenoxy) is 1. The summed E-state index contributed by atoms with van der Waals surface area (Å²) in [5, 5.41) is 18.5. The van der Waals surface area contributed by atoms with Gasteiger partial charge in [-0.2, -0.15) is 5.10 Å². The molecular weight excluding hydrogens is 416 g/mol. The first-order chi connectivity index (χ1) is 14.4. The van der Waals surface area contributed by atoms with Gasteiger partial charge in [-0.05, 0) is 65.8 Å². The highest BCUT2D eigenvalue weighted by atomic mass is 32.1. The lowest BCUT2D eigenvalue weighted by atomic mass is 10.1. The van der Waals surface area contributed by atoms with Gasteiger partial charge in [0.05, 0.1) is 12.3 Å². The van der Waals surface area contributed by atoms with E-state index in [4.69, 9.17) is 4.74 Å². The third kappa shape index (κ3) is 8.02. The Hall–Kier alpha value is -2.00. The first kappa shape index (κ1) is 26.0. The molecule has 0 spiro atoms. The predicted octanol–water partition coefficient (Wildman–Crippen LogP) is 4.42. The van der Waals surface area contributed by atoms with Crippen molar-refractivity contribution in [2.24, 2.45) is 20.4 Å². The topological polar surface area (TPSA) is 65.2 Å². The fourth-order valence-electron chi connectivity index (χ4n) is 2.62. The second kappa shape index (κ2) is 14.1. The minimum absolute atomic E-state index is 0.553. The fraction of sp³-hybridized carbons (Fsp3) is 0.524. The van der Waals surface area contributed by atoms with E-state index in [-0.39, 0.29) is 0 Å². The lowest BCUT2D eigenvalue weighted by molar-refractivity contribution is 0.340. The standard InChI is InChI=1S/C21H34N6OS2/c1-7-26(8-2)20(29)24-22-16(6)19(23-25-21(30)27(9-3)10-4)17-12-14-18(15-13-17)28-11-5/h12-15H,7-11H2,1-6H3,(H,24,29)(H,25,30)/b22-16+,23-19-. The van der Waals surface area contributed by atoms with E-state index in [0.717, 1.165) is 37.5 Å². The number of benzene rings is 1. The van der Waals surface area contributed by atoms with Crippen molar-refractivity contribution in [1.82, 2.24) is 9.80 Å². The molecule has 0 heterocycles. The van der Waals surface area contributed by atoms with Gasteiger partial charge in [-0.1, -0.05) is 0 Å². The van der Waals surface area contributed by atoms with Crippen molar-refractivity contribution in [2.45, 2.75) is 41.5 Å². The Bertz CT molecular complexity index is 766. The van der Waals surface area contributed by atoms with Crippen molar-refractivity contribution >= 4 is 47.0 Å². The predicted molar refractivity (Wildman–Crippen MR) is 136 cm³/mol. The molecule has 0 aliphatic carbocycles. The highest BCUT2D eigenvalue weighted by molar-refractivity contribution is 7.97. The molecule has 30 heavy (non-hydrogen) atoms. The number of hydrogen-bond acceptors (Lipinski definition) is 5. The Morgan fingerprint density at radius 2 is 1.23 bits per heavy atom. The lowest BCUT2D eigenvalue weighted by Gasteiger charge is -2.18. The summed E-state index contributed by atoms with van der Waals surface area (Å²) in [5.41, 5.74) is 2.10. The number of thiol groups is 2. The molecule has 0 saturated carbocycles. The van der Waals surface area contributed by atoms with Gasteiger partial charge in [0.1, 0.15) is 11.5 Å². The zero-order chi connectivity index (χ0) is 22.5. The van der Waals surface area contributed by atoms with Crippen LogP contribution in [0.2, 0.25) is 0 Å². The molecule has 166 valence electrons.